The second-order valence-electron chi connectivity index (χ2n) is 8.00. The Morgan fingerprint density at radius 2 is 1.71 bits per heavy atom. The van der Waals surface area contributed by atoms with E-state index in [4.69, 9.17) is 23.2 Å². The van der Waals surface area contributed by atoms with Crippen molar-refractivity contribution in [1.82, 2.24) is 9.47 Å². The Morgan fingerprint density at radius 1 is 0.943 bits per heavy atom. The molecule has 0 spiro atoms. The molecule has 1 aliphatic heterocycles. The third kappa shape index (κ3) is 4.59. The van der Waals surface area contributed by atoms with Gasteiger partial charge in [0.1, 0.15) is 0 Å². The minimum absolute atomic E-state index is 0.0581. The molecule has 35 heavy (non-hydrogen) atoms. The summed E-state index contributed by atoms with van der Waals surface area (Å²) in [6, 6.07) is 22.3. The van der Waals surface area contributed by atoms with Crippen molar-refractivity contribution in [2.75, 3.05) is 0 Å². The van der Waals surface area contributed by atoms with Gasteiger partial charge in [-0.15, -0.1) is 0 Å². The number of rotatable bonds is 5. The Hall–Kier alpha value is -3.50. The molecule has 5 rings (SSSR count). The lowest BCUT2D eigenvalue weighted by atomic mass is 10.1. The highest BCUT2D eigenvalue weighted by atomic mass is 35.5. The molecule has 0 aliphatic carbocycles. The molecule has 0 radical (unpaired) electrons. The van der Waals surface area contributed by atoms with Crippen molar-refractivity contribution in [3.05, 3.63) is 110 Å². The standard InChI is InChI=1S/C27H17Cl2N3O2S/c28-21-10-9-19(23(29)12-21)14-31-15-20(22-7-3-4-8-24(22)31)11-25-26(33)32(27(34)35-25)16-18-6-2-1-5-17(18)13-30/h1-12,15H,14,16H2/b25-11+. The molecule has 5 nitrogen and oxygen atoms in total. The van der Waals surface area contributed by atoms with Crippen LogP contribution in [-0.4, -0.2) is 20.6 Å². The molecule has 2 heterocycles. The summed E-state index contributed by atoms with van der Waals surface area (Å²) in [6.07, 6.45) is 3.71. The van der Waals surface area contributed by atoms with Gasteiger partial charge in [-0.2, -0.15) is 5.26 Å². The number of carbonyl (C=O) groups excluding carboxylic acids is 2. The van der Waals surface area contributed by atoms with E-state index >= 15 is 0 Å². The van der Waals surface area contributed by atoms with Gasteiger partial charge in [-0.1, -0.05) is 65.7 Å². The number of nitrogens with zero attached hydrogens (tertiary/aromatic N) is 3. The van der Waals surface area contributed by atoms with Gasteiger partial charge in [0.25, 0.3) is 11.1 Å². The molecule has 172 valence electrons. The molecule has 0 bridgehead atoms. The third-order valence-electron chi connectivity index (χ3n) is 5.80. The topological polar surface area (TPSA) is 66.1 Å². The second-order valence-corrected chi connectivity index (χ2v) is 9.84. The summed E-state index contributed by atoms with van der Waals surface area (Å²) in [4.78, 5) is 27.3. The summed E-state index contributed by atoms with van der Waals surface area (Å²) in [5, 5.41) is 11.1. The molecule has 1 aromatic heterocycles. The number of amides is 2. The zero-order valence-electron chi connectivity index (χ0n) is 18.2. The van der Waals surface area contributed by atoms with Gasteiger partial charge in [0.05, 0.1) is 23.1 Å². The summed E-state index contributed by atoms with van der Waals surface area (Å²) in [7, 11) is 0. The van der Waals surface area contributed by atoms with E-state index in [1.54, 1.807) is 42.5 Å². The summed E-state index contributed by atoms with van der Waals surface area (Å²) in [6.45, 7) is 0.583. The SMILES string of the molecule is N#Cc1ccccc1CN1C(=O)S/C(=C/c2cn(Cc3ccc(Cl)cc3Cl)c3ccccc23)C1=O. The smallest absolute Gasteiger partial charge is 0.293 e. The van der Waals surface area contributed by atoms with Gasteiger partial charge in [-0.25, -0.2) is 0 Å². The lowest BCUT2D eigenvalue weighted by Gasteiger charge is -2.13. The Morgan fingerprint density at radius 3 is 2.51 bits per heavy atom. The van der Waals surface area contributed by atoms with Gasteiger partial charge in [0.15, 0.2) is 0 Å². The minimum Gasteiger partial charge on any atom is -0.342 e. The van der Waals surface area contributed by atoms with Gasteiger partial charge in [0.2, 0.25) is 0 Å². The lowest BCUT2D eigenvalue weighted by Crippen LogP contribution is -2.27. The van der Waals surface area contributed by atoms with Gasteiger partial charge < -0.3 is 4.57 Å². The van der Waals surface area contributed by atoms with Crippen molar-refractivity contribution in [3.8, 4) is 6.07 Å². The van der Waals surface area contributed by atoms with Crippen LogP contribution in [0.5, 0.6) is 0 Å². The zero-order valence-corrected chi connectivity index (χ0v) is 20.6. The van der Waals surface area contributed by atoms with Crippen molar-refractivity contribution in [1.29, 1.82) is 5.26 Å². The van der Waals surface area contributed by atoms with E-state index in [1.165, 1.54) is 4.90 Å². The van der Waals surface area contributed by atoms with E-state index in [-0.39, 0.29) is 17.7 Å². The van der Waals surface area contributed by atoms with Crippen LogP contribution in [0.2, 0.25) is 10.0 Å². The molecule has 1 fully saturated rings. The maximum atomic E-state index is 13.1. The molecular weight excluding hydrogens is 501 g/mol. The number of para-hydroxylation sites is 1. The van der Waals surface area contributed by atoms with Crippen LogP contribution < -0.4 is 0 Å². The molecule has 0 saturated carbocycles. The number of aromatic nitrogens is 1. The lowest BCUT2D eigenvalue weighted by molar-refractivity contribution is -0.123. The van der Waals surface area contributed by atoms with Crippen LogP contribution in [0, 0.1) is 11.3 Å². The van der Waals surface area contributed by atoms with Crippen molar-refractivity contribution < 1.29 is 9.59 Å². The summed E-state index contributed by atoms with van der Waals surface area (Å²) in [5.74, 6) is -0.370. The predicted molar refractivity (Wildman–Crippen MR) is 140 cm³/mol. The average molecular weight is 518 g/mol. The van der Waals surface area contributed by atoms with Crippen LogP contribution in [0.15, 0.2) is 77.8 Å². The quantitative estimate of drug-likeness (QED) is 0.264. The minimum atomic E-state index is -0.370. The van der Waals surface area contributed by atoms with Crippen molar-refractivity contribution in [3.63, 3.8) is 0 Å². The molecule has 1 saturated heterocycles. The van der Waals surface area contributed by atoms with E-state index in [1.807, 2.05) is 36.5 Å². The van der Waals surface area contributed by atoms with E-state index in [0.29, 0.717) is 32.6 Å². The van der Waals surface area contributed by atoms with Gasteiger partial charge in [-0.3, -0.25) is 14.5 Å². The number of benzene rings is 3. The van der Waals surface area contributed by atoms with Crippen LogP contribution in [0.3, 0.4) is 0 Å². The number of halogens is 2. The number of imide groups is 1. The van der Waals surface area contributed by atoms with E-state index in [9.17, 15) is 14.9 Å². The predicted octanol–water partition coefficient (Wildman–Crippen LogP) is 7.10. The maximum absolute atomic E-state index is 13.1. The Bertz CT molecular complexity index is 1570. The monoisotopic (exact) mass is 517 g/mol. The first-order valence-electron chi connectivity index (χ1n) is 10.7. The normalized spacial score (nSPS) is 14.8. The second kappa shape index (κ2) is 9.63. The molecule has 3 aromatic carbocycles. The average Bonchev–Trinajstić information content (AvgIpc) is 3.33. The van der Waals surface area contributed by atoms with E-state index in [2.05, 4.69) is 10.6 Å². The van der Waals surface area contributed by atoms with Crippen LogP contribution in [-0.2, 0) is 17.9 Å². The molecule has 8 heteroatoms. The third-order valence-corrected chi connectivity index (χ3v) is 7.30. The van der Waals surface area contributed by atoms with Crippen LogP contribution >= 0.6 is 35.0 Å². The number of hydrogen-bond acceptors (Lipinski definition) is 4. The Balaban J connectivity index is 1.47. The summed E-state index contributed by atoms with van der Waals surface area (Å²) >= 11 is 13.3. The molecular formula is C27H17Cl2N3O2S. The van der Waals surface area contributed by atoms with Gasteiger partial charge in [-0.05, 0) is 53.2 Å². The fraction of sp³-hybridized carbons (Fsp3) is 0.0741. The first-order chi connectivity index (χ1) is 16.9. The summed E-state index contributed by atoms with van der Waals surface area (Å²) in [5.41, 5.74) is 3.80. The summed E-state index contributed by atoms with van der Waals surface area (Å²) < 4.78 is 2.06. The Kier molecular flexibility index (Phi) is 6.40. The highest BCUT2D eigenvalue weighted by molar-refractivity contribution is 8.18. The number of fused-ring (bicyclic) bond motifs is 1. The van der Waals surface area contributed by atoms with Gasteiger partial charge >= 0.3 is 0 Å². The molecule has 0 atom stereocenters. The molecule has 0 N–H and O–H groups in total. The highest BCUT2D eigenvalue weighted by Gasteiger charge is 2.35. The van der Waals surface area contributed by atoms with Crippen LogP contribution in [0.25, 0.3) is 17.0 Å². The Labute approximate surface area is 216 Å². The zero-order chi connectivity index (χ0) is 24.5. The van der Waals surface area contributed by atoms with E-state index < -0.39 is 0 Å². The maximum Gasteiger partial charge on any atom is 0.293 e. The largest absolute Gasteiger partial charge is 0.342 e. The van der Waals surface area contributed by atoms with Crippen LogP contribution in [0.1, 0.15) is 22.3 Å². The van der Waals surface area contributed by atoms with E-state index in [0.717, 1.165) is 33.8 Å². The first kappa shape index (κ1) is 23.3. The number of carbonyl (C=O) groups is 2. The van der Waals surface area contributed by atoms with Gasteiger partial charge in [0, 0.05) is 39.3 Å². The fourth-order valence-corrected chi connectivity index (χ4v) is 5.37. The molecule has 4 aromatic rings. The van der Waals surface area contributed by atoms with Crippen molar-refractivity contribution >= 4 is 63.1 Å². The number of thioether (sulfide) groups is 1. The first-order valence-corrected chi connectivity index (χ1v) is 12.3. The molecule has 0 unspecified atom stereocenters. The van der Waals surface area contributed by atoms with Crippen LogP contribution in [0.4, 0.5) is 4.79 Å². The number of nitriles is 1. The molecule has 1 aliphatic rings. The van der Waals surface area contributed by atoms with Crippen molar-refractivity contribution in [2.45, 2.75) is 13.1 Å². The van der Waals surface area contributed by atoms with Crippen molar-refractivity contribution in [2.24, 2.45) is 0 Å². The fourth-order valence-electron chi connectivity index (χ4n) is 4.07. The number of hydrogen-bond donors (Lipinski definition) is 0. The molecule has 2 amide bonds. The highest BCUT2D eigenvalue weighted by Crippen LogP contribution is 2.35.